The number of rotatable bonds is 6. The van der Waals surface area contributed by atoms with Gasteiger partial charge in [0.1, 0.15) is 5.82 Å². The first-order chi connectivity index (χ1) is 17.5. The van der Waals surface area contributed by atoms with E-state index >= 15 is 0 Å². The molecular weight excluding hydrogens is 595 g/mol. The van der Waals surface area contributed by atoms with Gasteiger partial charge in [0, 0.05) is 30.5 Å². The highest BCUT2D eigenvalue weighted by Crippen LogP contribution is 2.40. The molecule has 1 saturated heterocycles. The van der Waals surface area contributed by atoms with E-state index < -0.39 is 10.0 Å². The SMILES string of the molecule is Br.O=S(=O)(c1ccc(-c2csc(N3N=C(c4cccs4)CC3c3ccc(F)cc3)n2)cc1)N1CCCC1. The van der Waals surface area contributed by atoms with Crippen molar-refractivity contribution in [3.8, 4) is 11.3 Å². The van der Waals surface area contributed by atoms with Crippen LogP contribution in [0.3, 0.4) is 0 Å². The molecule has 2 aromatic carbocycles. The number of thiazole rings is 1. The van der Waals surface area contributed by atoms with Gasteiger partial charge in [-0.2, -0.15) is 9.41 Å². The molecule has 0 spiro atoms. The normalized spacial score (nSPS) is 18.1. The number of anilines is 1. The number of thiophene rings is 1. The lowest BCUT2D eigenvalue weighted by atomic mass is 10.0. The minimum absolute atomic E-state index is 0. The third-order valence-electron chi connectivity index (χ3n) is 6.51. The highest BCUT2D eigenvalue weighted by molar-refractivity contribution is 8.93. The Labute approximate surface area is 233 Å². The Balaban J connectivity index is 0.00000280. The van der Waals surface area contributed by atoms with Crippen LogP contribution >= 0.6 is 39.7 Å². The van der Waals surface area contributed by atoms with E-state index in [1.807, 2.05) is 34.0 Å². The Morgan fingerprint density at radius 1 is 0.946 bits per heavy atom. The molecule has 6 rings (SSSR count). The molecule has 0 amide bonds. The molecule has 6 nitrogen and oxygen atoms in total. The summed E-state index contributed by atoms with van der Waals surface area (Å²) in [6.07, 6.45) is 2.51. The molecule has 1 unspecified atom stereocenters. The van der Waals surface area contributed by atoms with E-state index in [-0.39, 0.29) is 28.8 Å². The van der Waals surface area contributed by atoms with Gasteiger partial charge in [0.15, 0.2) is 0 Å². The first-order valence-electron chi connectivity index (χ1n) is 11.7. The largest absolute Gasteiger partial charge is 0.243 e. The minimum atomic E-state index is -3.45. The third kappa shape index (κ3) is 5.15. The van der Waals surface area contributed by atoms with Crippen LogP contribution in [0.1, 0.15) is 35.7 Å². The van der Waals surface area contributed by atoms with Crippen molar-refractivity contribution in [1.29, 1.82) is 0 Å². The molecule has 1 atom stereocenters. The predicted octanol–water partition coefficient (Wildman–Crippen LogP) is 6.73. The number of sulfonamides is 1. The maximum absolute atomic E-state index is 13.6. The van der Waals surface area contributed by atoms with Gasteiger partial charge in [0.05, 0.1) is 27.2 Å². The zero-order valence-corrected chi connectivity index (χ0v) is 23.8. The molecule has 4 aromatic rings. The van der Waals surface area contributed by atoms with E-state index in [1.54, 1.807) is 39.9 Å². The number of hydrogen-bond donors (Lipinski definition) is 0. The second-order valence-corrected chi connectivity index (χ2v) is 12.5. The molecule has 0 aliphatic carbocycles. The number of benzene rings is 2. The van der Waals surface area contributed by atoms with E-state index in [4.69, 9.17) is 10.1 Å². The monoisotopic (exact) mass is 618 g/mol. The summed E-state index contributed by atoms with van der Waals surface area (Å²) in [5, 5.41) is 11.6. The van der Waals surface area contributed by atoms with Crippen molar-refractivity contribution < 1.29 is 12.8 Å². The molecule has 2 aliphatic heterocycles. The number of hydrogen-bond acceptors (Lipinski definition) is 7. The summed E-state index contributed by atoms with van der Waals surface area (Å²) in [4.78, 5) is 6.27. The quantitative estimate of drug-likeness (QED) is 0.240. The van der Waals surface area contributed by atoms with Crippen molar-refractivity contribution in [2.75, 3.05) is 18.1 Å². The Bertz CT molecular complexity index is 1500. The van der Waals surface area contributed by atoms with Gasteiger partial charge in [0.2, 0.25) is 15.2 Å². The van der Waals surface area contributed by atoms with Gasteiger partial charge in [-0.15, -0.1) is 39.7 Å². The van der Waals surface area contributed by atoms with Crippen molar-refractivity contribution in [3.05, 3.63) is 87.7 Å². The van der Waals surface area contributed by atoms with Crippen LogP contribution < -0.4 is 5.01 Å². The maximum atomic E-state index is 13.6. The maximum Gasteiger partial charge on any atom is 0.243 e. The van der Waals surface area contributed by atoms with Crippen molar-refractivity contribution in [2.45, 2.75) is 30.2 Å². The summed E-state index contributed by atoms with van der Waals surface area (Å²) >= 11 is 3.13. The number of halogens is 2. The molecule has 37 heavy (non-hydrogen) atoms. The van der Waals surface area contributed by atoms with Gasteiger partial charge in [0.25, 0.3) is 0 Å². The molecule has 0 radical (unpaired) electrons. The molecule has 0 bridgehead atoms. The van der Waals surface area contributed by atoms with E-state index in [9.17, 15) is 12.8 Å². The van der Waals surface area contributed by atoms with Gasteiger partial charge >= 0.3 is 0 Å². The number of aromatic nitrogens is 1. The van der Waals surface area contributed by atoms with Crippen LogP contribution in [0, 0.1) is 5.82 Å². The van der Waals surface area contributed by atoms with Gasteiger partial charge in [-0.1, -0.05) is 30.3 Å². The van der Waals surface area contributed by atoms with E-state index in [2.05, 4.69) is 6.07 Å². The van der Waals surface area contributed by atoms with Gasteiger partial charge in [-0.3, -0.25) is 0 Å². The zero-order chi connectivity index (χ0) is 24.7. The first kappa shape index (κ1) is 26.2. The van der Waals surface area contributed by atoms with Crippen molar-refractivity contribution in [3.63, 3.8) is 0 Å². The van der Waals surface area contributed by atoms with Gasteiger partial charge in [-0.05, 0) is 54.1 Å². The summed E-state index contributed by atoms with van der Waals surface area (Å²) in [5.74, 6) is -0.269. The average Bonchev–Trinajstić information content (AvgIpc) is 3.70. The molecule has 0 saturated carbocycles. The van der Waals surface area contributed by atoms with Crippen LogP contribution in [0.15, 0.2) is 81.4 Å². The summed E-state index contributed by atoms with van der Waals surface area (Å²) in [6.45, 7) is 1.16. The van der Waals surface area contributed by atoms with Crippen molar-refractivity contribution >= 4 is 60.5 Å². The number of hydrazone groups is 1. The molecule has 0 N–H and O–H groups in total. The zero-order valence-electron chi connectivity index (χ0n) is 19.7. The summed E-state index contributed by atoms with van der Waals surface area (Å²) in [7, 11) is -3.45. The van der Waals surface area contributed by atoms with Gasteiger partial charge in [-0.25, -0.2) is 22.8 Å². The van der Waals surface area contributed by atoms with E-state index in [1.165, 1.54) is 23.5 Å². The highest BCUT2D eigenvalue weighted by atomic mass is 79.9. The minimum Gasteiger partial charge on any atom is -0.231 e. The second-order valence-electron chi connectivity index (χ2n) is 8.79. The Kier molecular flexibility index (Phi) is 7.60. The fraction of sp³-hybridized carbons (Fsp3) is 0.231. The Hall–Kier alpha value is -2.44. The van der Waals surface area contributed by atoms with Crippen molar-refractivity contribution in [1.82, 2.24) is 9.29 Å². The molecule has 2 aromatic heterocycles. The number of nitrogens with zero attached hydrogens (tertiary/aromatic N) is 4. The van der Waals surface area contributed by atoms with E-state index in [0.29, 0.717) is 24.4 Å². The molecule has 11 heteroatoms. The lowest BCUT2D eigenvalue weighted by Crippen LogP contribution is -2.27. The smallest absolute Gasteiger partial charge is 0.231 e. The lowest BCUT2D eigenvalue weighted by molar-refractivity contribution is 0.477. The van der Waals surface area contributed by atoms with Crippen LogP contribution in [0.5, 0.6) is 0 Å². The summed E-state index contributed by atoms with van der Waals surface area (Å²) in [6, 6.07) is 17.5. The van der Waals surface area contributed by atoms with Gasteiger partial charge < -0.3 is 0 Å². The van der Waals surface area contributed by atoms with Crippen LogP contribution in [0.4, 0.5) is 9.52 Å². The standard InChI is InChI=1S/C26H23FN4O2S3.BrH/c27-20-9-5-19(6-10-20)24-16-22(25-4-3-15-34-25)29-31(24)26-28-23(17-35-26)18-7-11-21(12-8-18)36(32,33)30-13-1-2-14-30;/h3-12,15,17,24H,1-2,13-14,16H2;1H. The Morgan fingerprint density at radius 2 is 1.68 bits per heavy atom. The van der Waals surface area contributed by atoms with Crippen LogP contribution in [-0.4, -0.2) is 36.5 Å². The highest BCUT2D eigenvalue weighted by Gasteiger charge is 2.32. The fourth-order valence-electron chi connectivity index (χ4n) is 4.60. The van der Waals surface area contributed by atoms with Crippen molar-refractivity contribution in [2.24, 2.45) is 5.10 Å². The molecule has 2 aliphatic rings. The summed E-state index contributed by atoms with van der Waals surface area (Å²) < 4.78 is 40.8. The Morgan fingerprint density at radius 3 is 2.35 bits per heavy atom. The molecule has 4 heterocycles. The summed E-state index contributed by atoms with van der Waals surface area (Å²) in [5.41, 5.74) is 3.56. The first-order valence-corrected chi connectivity index (χ1v) is 14.9. The van der Waals surface area contributed by atoms with Crippen LogP contribution in [0.25, 0.3) is 11.3 Å². The molecule has 192 valence electrons. The molecule has 1 fully saturated rings. The fourth-order valence-corrected chi connectivity index (χ4v) is 7.67. The van der Waals surface area contributed by atoms with Crippen LogP contribution in [-0.2, 0) is 10.0 Å². The lowest BCUT2D eigenvalue weighted by Gasteiger charge is -2.21. The van der Waals surface area contributed by atoms with E-state index in [0.717, 1.165) is 45.4 Å². The van der Waals surface area contributed by atoms with Crippen LogP contribution in [0.2, 0.25) is 0 Å². The topological polar surface area (TPSA) is 65.9 Å². The molecular formula is C26H24BrFN4O2S3. The predicted molar refractivity (Wildman–Crippen MR) is 153 cm³/mol. The average molecular weight is 620 g/mol. The third-order valence-corrected chi connectivity index (χ3v) is 10.2. The second kappa shape index (κ2) is 10.7.